The predicted molar refractivity (Wildman–Crippen MR) is 111 cm³/mol. The minimum atomic E-state index is -0.895. The molecule has 0 bridgehead atoms. The van der Waals surface area contributed by atoms with Gasteiger partial charge < -0.3 is 9.30 Å². The molecule has 3 rings (SSSR count). The first-order valence-electron chi connectivity index (χ1n) is 8.83. The number of carbonyl (C=O) groups is 2. The maximum absolute atomic E-state index is 12.9. The van der Waals surface area contributed by atoms with Crippen LogP contribution >= 0.6 is 22.9 Å². The molecule has 0 aliphatic heterocycles. The summed E-state index contributed by atoms with van der Waals surface area (Å²) in [6, 6.07) is 9.23. The second-order valence-electron chi connectivity index (χ2n) is 6.66. The van der Waals surface area contributed by atoms with Gasteiger partial charge in [-0.1, -0.05) is 11.6 Å². The SMILES string of the molecule is Cc1nc(C)c(C(=O)O[C@@H](C)C(=O)c2cc(C)n(-c3ccc(Cl)cc3)c2C)s1. The van der Waals surface area contributed by atoms with Crippen LogP contribution in [0, 0.1) is 27.7 Å². The summed E-state index contributed by atoms with van der Waals surface area (Å²) in [5.74, 6) is -0.754. The number of thiazole rings is 1. The normalized spacial score (nSPS) is 12.1. The van der Waals surface area contributed by atoms with Crippen LogP contribution in [0.4, 0.5) is 0 Å². The van der Waals surface area contributed by atoms with Crippen LogP contribution in [0.2, 0.25) is 5.02 Å². The van der Waals surface area contributed by atoms with E-state index in [0.29, 0.717) is 21.2 Å². The molecule has 0 saturated carbocycles. The third-order valence-corrected chi connectivity index (χ3v) is 5.83. The molecule has 0 saturated heterocycles. The summed E-state index contributed by atoms with van der Waals surface area (Å²) in [5, 5.41) is 1.44. The maximum atomic E-state index is 12.9. The lowest BCUT2D eigenvalue weighted by atomic mass is 10.1. The van der Waals surface area contributed by atoms with E-state index < -0.39 is 12.1 Å². The molecule has 0 spiro atoms. The topological polar surface area (TPSA) is 61.2 Å². The van der Waals surface area contributed by atoms with Gasteiger partial charge in [0.1, 0.15) is 4.88 Å². The zero-order valence-corrected chi connectivity index (χ0v) is 17.9. The Morgan fingerprint density at radius 1 is 1.14 bits per heavy atom. The highest BCUT2D eigenvalue weighted by Crippen LogP contribution is 2.24. The number of aryl methyl sites for hydroxylation is 3. The van der Waals surface area contributed by atoms with Crippen LogP contribution in [0.25, 0.3) is 5.69 Å². The Hall–Kier alpha value is -2.44. The van der Waals surface area contributed by atoms with E-state index in [-0.39, 0.29) is 5.78 Å². The van der Waals surface area contributed by atoms with E-state index in [1.54, 1.807) is 26.0 Å². The van der Waals surface area contributed by atoms with Crippen molar-refractivity contribution >= 4 is 34.7 Å². The van der Waals surface area contributed by atoms with E-state index in [1.165, 1.54) is 11.3 Å². The molecule has 3 aromatic rings. The first-order chi connectivity index (χ1) is 13.2. The van der Waals surface area contributed by atoms with E-state index in [1.807, 2.05) is 43.5 Å². The van der Waals surface area contributed by atoms with Crippen LogP contribution in [0.5, 0.6) is 0 Å². The fourth-order valence-corrected chi connectivity index (χ4v) is 4.14. The van der Waals surface area contributed by atoms with Crippen molar-refractivity contribution in [3.05, 3.63) is 67.9 Å². The number of aromatic nitrogens is 2. The predicted octanol–water partition coefficient (Wildman–Crippen LogP) is 5.25. The van der Waals surface area contributed by atoms with E-state index >= 15 is 0 Å². The minimum Gasteiger partial charge on any atom is -0.450 e. The number of Topliss-reactive ketones (excluding diaryl/α,β-unsaturated/α-hetero) is 1. The van der Waals surface area contributed by atoms with Crippen LogP contribution in [0.3, 0.4) is 0 Å². The van der Waals surface area contributed by atoms with Crippen molar-refractivity contribution in [3.8, 4) is 5.69 Å². The van der Waals surface area contributed by atoms with E-state index in [0.717, 1.165) is 22.1 Å². The highest BCUT2D eigenvalue weighted by molar-refractivity contribution is 7.13. The Kier molecular flexibility index (Phi) is 5.72. The lowest BCUT2D eigenvalue weighted by Crippen LogP contribution is -2.24. The Balaban J connectivity index is 1.84. The average Bonchev–Trinajstić information content (AvgIpc) is 3.13. The van der Waals surface area contributed by atoms with Gasteiger partial charge in [-0.2, -0.15) is 0 Å². The molecule has 0 aliphatic carbocycles. The summed E-state index contributed by atoms with van der Waals surface area (Å²) in [4.78, 5) is 30.0. The molecule has 1 aromatic carbocycles. The summed E-state index contributed by atoms with van der Waals surface area (Å²) < 4.78 is 7.41. The quantitative estimate of drug-likeness (QED) is 0.421. The number of esters is 1. The molecule has 0 fully saturated rings. The summed E-state index contributed by atoms with van der Waals surface area (Å²) in [6.07, 6.45) is -0.895. The lowest BCUT2D eigenvalue weighted by Gasteiger charge is -2.13. The molecular formula is C21H21ClN2O3S. The molecule has 0 amide bonds. The summed E-state index contributed by atoms with van der Waals surface area (Å²) in [7, 11) is 0. The van der Waals surface area contributed by atoms with Crippen LogP contribution in [0.1, 0.15) is 49.0 Å². The van der Waals surface area contributed by atoms with Gasteiger partial charge in [0.25, 0.3) is 0 Å². The van der Waals surface area contributed by atoms with Crippen molar-refractivity contribution in [1.82, 2.24) is 9.55 Å². The highest BCUT2D eigenvalue weighted by atomic mass is 35.5. The summed E-state index contributed by atoms with van der Waals surface area (Å²) in [5.41, 5.74) is 3.77. The number of nitrogens with zero attached hydrogens (tertiary/aromatic N) is 2. The first-order valence-corrected chi connectivity index (χ1v) is 10.0. The largest absolute Gasteiger partial charge is 0.450 e. The van der Waals surface area contributed by atoms with Gasteiger partial charge in [0.2, 0.25) is 5.78 Å². The molecule has 0 radical (unpaired) electrons. The zero-order valence-electron chi connectivity index (χ0n) is 16.4. The van der Waals surface area contributed by atoms with E-state index in [4.69, 9.17) is 16.3 Å². The standard InChI is InChI=1S/C21H21ClN2O3S/c1-11-10-18(13(3)24(11)17-8-6-16(22)7-9-17)19(25)14(4)27-21(26)20-12(2)23-15(5)28-20/h6-10,14H,1-5H3/t14-/m0/s1. The van der Waals surface area contributed by atoms with Gasteiger partial charge in [-0.15, -0.1) is 11.3 Å². The highest BCUT2D eigenvalue weighted by Gasteiger charge is 2.26. The average molecular weight is 417 g/mol. The van der Waals surface area contributed by atoms with Gasteiger partial charge in [0.15, 0.2) is 6.10 Å². The van der Waals surface area contributed by atoms with Gasteiger partial charge >= 0.3 is 5.97 Å². The molecule has 146 valence electrons. The van der Waals surface area contributed by atoms with Crippen molar-refractivity contribution in [2.24, 2.45) is 0 Å². The molecule has 5 nitrogen and oxygen atoms in total. The van der Waals surface area contributed by atoms with Crippen LogP contribution in [-0.2, 0) is 4.74 Å². The number of rotatable bonds is 5. The fourth-order valence-electron chi connectivity index (χ4n) is 3.21. The second-order valence-corrected chi connectivity index (χ2v) is 8.30. The Bertz CT molecular complexity index is 1050. The molecule has 2 heterocycles. The van der Waals surface area contributed by atoms with Crippen molar-refractivity contribution in [2.45, 2.75) is 40.7 Å². The van der Waals surface area contributed by atoms with Crippen LogP contribution < -0.4 is 0 Å². The van der Waals surface area contributed by atoms with Gasteiger partial charge in [0, 0.05) is 27.7 Å². The summed E-state index contributed by atoms with van der Waals surface area (Å²) >= 11 is 7.24. The monoisotopic (exact) mass is 416 g/mol. The first kappa shape index (κ1) is 20.3. The third-order valence-electron chi connectivity index (χ3n) is 4.52. The summed E-state index contributed by atoms with van der Waals surface area (Å²) in [6.45, 7) is 8.98. The second kappa shape index (κ2) is 7.89. The Morgan fingerprint density at radius 2 is 1.79 bits per heavy atom. The van der Waals surface area contributed by atoms with Crippen molar-refractivity contribution in [3.63, 3.8) is 0 Å². The number of benzene rings is 1. The van der Waals surface area contributed by atoms with Gasteiger partial charge in [-0.05, 0) is 65.0 Å². The van der Waals surface area contributed by atoms with Crippen LogP contribution in [0.15, 0.2) is 30.3 Å². The van der Waals surface area contributed by atoms with Gasteiger partial charge in [0.05, 0.1) is 10.7 Å². The lowest BCUT2D eigenvalue weighted by molar-refractivity contribution is 0.0322. The van der Waals surface area contributed by atoms with Crippen LogP contribution in [-0.4, -0.2) is 27.4 Å². The number of carbonyl (C=O) groups excluding carboxylic acids is 2. The Morgan fingerprint density at radius 3 is 2.36 bits per heavy atom. The molecule has 2 aromatic heterocycles. The number of hydrogen-bond acceptors (Lipinski definition) is 5. The van der Waals surface area contributed by atoms with E-state index in [2.05, 4.69) is 4.98 Å². The molecular weight excluding hydrogens is 396 g/mol. The van der Waals surface area contributed by atoms with Gasteiger partial charge in [-0.25, -0.2) is 9.78 Å². The molecule has 28 heavy (non-hydrogen) atoms. The molecule has 1 atom stereocenters. The van der Waals surface area contributed by atoms with Crippen molar-refractivity contribution < 1.29 is 14.3 Å². The van der Waals surface area contributed by atoms with E-state index in [9.17, 15) is 9.59 Å². The third kappa shape index (κ3) is 3.88. The smallest absolute Gasteiger partial charge is 0.350 e. The molecule has 0 unspecified atom stereocenters. The number of ether oxygens (including phenoxy) is 1. The maximum Gasteiger partial charge on any atom is 0.350 e. The molecule has 0 aliphatic rings. The van der Waals surface area contributed by atoms with Crippen molar-refractivity contribution in [1.29, 1.82) is 0 Å². The van der Waals surface area contributed by atoms with Gasteiger partial charge in [-0.3, -0.25) is 4.79 Å². The fraction of sp³-hybridized carbons (Fsp3) is 0.286. The number of halogens is 1. The number of hydrogen-bond donors (Lipinski definition) is 0. The molecule has 0 N–H and O–H groups in total. The Labute approximate surface area is 172 Å². The minimum absolute atomic E-state index is 0.236. The zero-order chi connectivity index (χ0) is 20.6. The van der Waals surface area contributed by atoms with Crippen molar-refractivity contribution in [2.75, 3.05) is 0 Å². The molecule has 7 heteroatoms. The number of ketones is 1.